The Morgan fingerprint density at radius 2 is 1.45 bits per heavy atom. The molecular formula is C45H53N13O11. The quantitative estimate of drug-likeness (QED) is 0.0350. The number of benzene rings is 2. The number of carbonyl (C=O) groups excluding carboxylic acids is 7. The first-order valence-electron chi connectivity index (χ1n) is 21.8. The summed E-state index contributed by atoms with van der Waals surface area (Å²) in [5, 5.41) is 35.6. The van der Waals surface area contributed by atoms with Gasteiger partial charge in [-0.2, -0.15) is 9.97 Å². The van der Waals surface area contributed by atoms with E-state index in [1.807, 2.05) is 0 Å². The second-order valence-corrected chi connectivity index (χ2v) is 16.2. The maximum absolute atomic E-state index is 13.2. The molecule has 7 amide bonds. The molecule has 0 fully saturated rings. The second kappa shape index (κ2) is 23.7. The SMILES string of the molecule is CC(NC(=O)C(NC(=O)CCCCCN1C(=O)C=CC1=O)C(C)C)C(=O)Nc1ccc(C(=O)O)c(C(=O)NCCCC(NC(=O)c2ccc(NCc3cnc4nc(N)nc(N)c4n3)cc2)C(=O)O)c1. The Morgan fingerprint density at radius 1 is 0.754 bits per heavy atom. The number of hydrogen-bond donors (Lipinski definition) is 10. The number of imide groups is 1. The van der Waals surface area contributed by atoms with Crippen LogP contribution in [-0.4, -0.2) is 120 Å². The van der Waals surface area contributed by atoms with Gasteiger partial charge in [0.25, 0.3) is 23.6 Å². The third-order valence-corrected chi connectivity index (χ3v) is 10.6. The summed E-state index contributed by atoms with van der Waals surface area (Å²) in [6.45, 7) is 5.19. The highest BCUT2D eigenvalue weighted by atomic mass is 16.4. The van der Waals surface area contributed by atoms with Crippen LogP contribution in [0.1, 0.15) is 96.1 Å². The molecular weight excluding hydrogens is 899 g/mol. The summed E-state index contributed by atoms with van der Waals surface area (Å²) >= 11 is 0. The predicted molar refractivity (Wildman–Crippen MR) is 249 cm³/mol. The molecule has 5 rings (SSSR count). The van der Waals surface area contributed by atoms with Gasteiger partial charge in [-0.1, -0.05) is 20.3 Å². The average molecular weight is 952 g/mol. The fraction of sp³-hybridized carbons (Fsp3) is 0.356. The van der Waals surface area contributed by atoms with Crippen LogP contribution in [0, 0.1) is 5.92 Å². The van der Waals surface area contributed by atoms with E-state index in [0.29, 0.717) is 36.2 Å². The van der Waals surface area contributed by atoms with E-state index in [-0.39, 0.29) is 96.4 Å². The number of aromatic nitrogens is 4. The van der Waals surface area contributed by atoms with Crippen LogP contribution >= 0.6 is 0 Å². The molecule has 0 saturated heterocycles. The molecule has 3 heterocycles. The molecule has 24 heteroatoms. The van der Waals surface area contributed by atoms with Gasteiger partial charge < -0.3 is 53.6 Å². The minimum absolute atomic E-state index is 0.0255. The molecule has 1 aliphatic rings. The molecule has 69 heavy (non-hydrogen) atoms. The Labute approximate surface area is 394 Å². The van der Waals surface area contributed by atoms with Crippen LogP contribution in [0.5, 0.6) is 0 Å². The van der Waals surface area contributed by atoms with E-state index in [9.17, 15) is 53.4 Å². The molecule has 24 nitrogen and oxygen atoms in total. The zero-order valence-corrected chi connectivity index (χ0v) is 37.9. The van der Waals surface area contributed by atoms with Gasteiger partial charge >= 0.3 is 11.9 Å². The van der Waals surface area contributed by atoms with Crippen LogP contribution in [0.4, 0.5) is 23.1 Å². The zero-order chi connectivity index (χ0) is 50.4. The molecule has 364 valence electrons. The molecule has 2 aromatic heterocycles. The molecule has 0 aliphatic carbocycles. The van der Waals surface area contributed by atoms with Gasteiger partial charge in [0.1, 0.15) is 18.1 Å². The highest BCUT2D eigenvalue weighted by Gasteiger charge is 2.28. The van der Waals surface area contributed by atoms with Crippen LogP contribution in [-0.2, 0) is 35.3 Å². The van der Waals surface area contributed by atoms with Gasteiger partial charge in [-0.05, 0) is 81.0 Å². The Balaban J connectivity index is 1.06. The maximum atomic E-state index is 13.2. The minimum Gasteiger partial charge on any atom is -0.480 e. The van der Waals surface area contributed by atoms with Crippen LogP contribution in [0.3, 0.4) is 0 Å². The summed E-state index contributed by atoms with van der Waals surface area (Å²) in [7, 11) is 0. The van der Waals surface area contributed by atoms with Crippen LogP contribution in [0.25, 0.3) is 11.2 Å². The number of carboxylic acid groups (broad SMARTS) is 2. The lowest BCUT2D eigenvalue weighted by Crippen LogP contribution is -2.53. The monoisotopic (exact) mass is 951 g/mol. The Morgan fingerprint density at radius 3 is 2.12 bits per heavy atom. The van der Waals surface area contributed by atoms with Crippen molar-refractivity contribution in [2.75, 3.05) is 35.2 Å². The normalized spacial score (nSPS) is 13.4. The molecule has 3 atom stereocenters. The van der Waals surface area contributed by atoms with Gasteiger partial charge in [-0.15, -0.1) is 0 Å². The largest absolute Gasteiger partial charge is 0.480 e. The number of carbonyl (C=O) groups is 9. The average Bonchev–Trinajstić information content (AvgIpc) is 3.63. The number of nitrogen functional groups attached to an aromatic ring is 2. The third kappa shape index (κ3) is 14.5. The number of aromatic carboxylic acids is 1. The van der Waals surface area contributed by atoms with E-state index in [0.717, 1.165) is 17.0 Å². The molecule has 1 aliphatic heterocycles. The van der Waals surface area contributed by atoms with Crippen molar-refractivity contribution in [3.05, 3.63) is 83.2 Å². The zero-order valence-electron chi connectivity index (χ0n) is 37.9. The van der Waals surface area contributed by atoms with Gasteiger partial charge in [0.15, 0.2) is 17.0 Å². The number of amides is 7. The summed E-state index contributed by atoms with van der Waals surface area (Å²) in [5.41, 5.74) is 12.7. The van der Waals surface area contributed by atoms with E-state index in [1.54, 1.807) is 26.0 Å². The number of nitrogens with zero attached hydrogens (tertiary/aromatic N) is 5. The number of fused-ring (bicyclic) bond motifs is 1. The molecule has 0 bridgehead atoms. The first-order valence-corrected chi connectivity index (χ1v) is 21.8. The van der Waals surface area contributed by atoms with Crippen molar-refractivity contribution in [2.24, 2.45) is 5.92 Å². The van der Waals surface area contributed by atoms with Gasteiger partial charge in [0, 0.05) is 48.6 Å². The van der Waals surface area contributed by atoms with E-state index in [1.165, 1.54) is 43.5 Å². The van der Waals surface area contributed by atoms with Crippen molar-refractivity contribution >= 4 is 87.6 Å². The smallest absolute Gasteiger partial charge is 0.336 e. The van der Waals surface area contributed by atoms with Gasteiger partial charge in [0.2, 0.25) is 23.7 Å². The van der Waals surface area contributed by atoms with Crippen LogP contribution < -0.4 is 43.4 Å². The van der Waals surface area contributed by atoms with Crippen molar-refractivity contribution in [3.8, 4) is 0 Å². The first-order chi connectivity index (χ1) is 32.8. The lowest BCUT2D eigenvalue weighted by Gasteiger charge is -2.24. The number of rotatable bonds is 24. The van der Waals surface area contributed by atoms with Crippen LogP contribution in [0.15, 0.2) is 60.8 Å². The number of anilines is 4. The van der Waals surface area contributed by atoms with Crippen molar-refractivity contribution in [3.63, 3.8) is 0 Å². The minimum atomic E-state index is -1.43. The highest BCUT2D eigenvalue weighted by molar-refractivity contribution is 6.13. The van der Waals surface area contributed by atoms with Crippen molar-refractivity contribution < 1.29 is 53.4 Å². The predicted octanol–water partition coefficient (Wildman–Crippen LogP) is 1.36. The maximum Gasteiger partial charge on any atom is 0.336 e. The number of nitrogens with two attached hydrogens (primary N) is 2. The van der Waals surface area contributed by atoms with E-state index < -0.39 is 59.6 Å². The third-order valence-electron chi connectivity index (χ3n) is 10.6. The van der Waals surface area contributed by atoms with Crippen LogP contribution in [0.2, 0.25) is 0 Å². The summed E-state index contributed by atoms with van der Waals surface area (Å²) in [4.78, 5) is 130. The van der Waals surface area contributed by atoms with Gasteiger partial charge in [-0.25, -0.2) is 19.6 Å². The lowest BCUT2D eigenvalue weighted by molar-refractivity contribution is -0.139. The fourth-order valence-electron chi connectivity index (χ4n) is 6.88. The molecule has 0 spiro atoms. The van der Waals surface area contributed by atoms with Gasteiger partial charge in [-0.3, -0.25) is 38.5 Å². The topological polar surface area (TPSA) is 373 Å². The van der Waals surface area contributed by atoms with Crippen molar-refractivity contribution in [2.45, 2.75) is 84.0 Å². The number of carboxylic acids is 2. The second-order valence-electron chi connectivity index (χ2n) is 16.2. The lowest BCUT2D eigenvalue weighted by atomic mass is 10.0. The fourth-order valence-corrected chi connectivity index (χ4v) is 6.88. The van der Waals surface area contributed by atoms with Gasteiger partial charge in [0.05, 0.1) is 29.6 Å². The number of aliphatic carboxylic acids is 1. The molecule has 2 aromatic carbocycles. The molecule has 12 N–H and O–H groups in total. The molecule has 0 radical (unpaired) electrons. The summed E-state index contributed by atoms with van der Waals surface area (Å²) < 4.78 is 0. The standard InChI is InChI=1S/C45H53N13O11/c1-23(2)35(55-32(59)9-5-4-6-19-58-33(60)16-17-34(58)61)42(65)51-24(3)39(62)53-27-14-15-29(43(66)67)30(20-27)41(64)48-18-7-8-31(44(68)69)54-40(63)25-10-12-26(13-11-25)49-21-28-22-50-38-36(52-28)37(46)56-45(47)57-38/h10-17,20,22-24,31,35,49H,4-9,18-19,21H2,1-3H3,(H,48,64)(H,51,65)(H,53,62)(H,54,63)(H,55,59)(H,66,67)(H,68,69)(H4,46,47,50,56,57). The Kier molecular flexibility index (Phi) is 17.7. The Hall–Kier alpha value is -8.57. The summed E-state index contributed by atoms with van der Waals surface area (Å²) in [5.74, 6) is -7.05. The number of nitrogens with one attached hydrogen (secondary N) is 6. The highest BCUT2D eigenvalue weighted by Crippen LogP contribution is 2.19. The molecule has 4 aromatic rings. The summed E-state index contributed by atoms with van der Waals surface area (Å²) in [6, 6.07) is 6.27. The van der Waals surface area contributed by atoms with E-state index in [4.69, 9.17) is 11.5 Å². The number of hydrogen-bond acceptors (Lipinski definition) is 16. The van der Waals surface area contributed by atoms with E-state index in [2.05, 4.69) is 51.8 Å². The molecule has 0 saturated carbocycles. The van der Waals surface area contributed by atoms with Crippen molar-refractivity contribution in [1.29, 1.82) is 0 Å². The first kappa shape index (κ1) is 51.4. The van der Waals surface area contributed by atoms with Crippen molar-refractivity contribution in [1.82, 2.24) is 46.1 Å². The summed E-state index contributed by atoms with van der Waals surface area (Å²) in [6.07, 6.45) is 5.46. The van der Waals surface area contributed by atoms with E-state index >= 15 is 0 Å². The number of unbranched alkanes of at least 4 members (excludes halogenated alkanes) is 2. The molecule has 3 unspecified atom stereocenters. The Bertz CT molecular complexity index is 2640.